The van der Waals surface area contributed by atoms with Crippen molar-refractivity contribution in [1.82, 2.24) is 0 Å². The van der Waals surface area contributed by atoms with Gasteiger partial charge in [0.25, 0.3) is 0 Å². The zero-order chi connectivity index (χ0) is 11.8. The molecule has 16 heavy (non-hydrogen) atoms. The van der Waals surface area contributed by atoms with E-state index < -0.39 is 0 Å². The maximum atomic E-state index is 12.0. The van der Waals surface area contributed by atoms with Crippen molar-refractivity contribution in [2.24, 2.45) is 23.2 Å². The Labute approximate surface area is 100.0 Å². The lowest BCUT2D eigenvalue weighted by Gasteiger charge is -2.36. The Morgan fingerprint density at radius 2 is 1.56 bits per heavy atom. The van der Waals surface area contributed by atoms with Gasteiger partial charge in [-0.15, -0.1) is 0 Å². The van der Waals surface area contributed by atoms with E-state index in [1.54, 1.807) is 0 Å². The van der Waals surface area contributed by atoms with E-state index in [4.69, 9.17) is 0 Å². The first-order valence-electron chi connectivity index (χ1n) is 6.99. The molecule has 1 nitrogen and oxygen atoms in total. The molecule has 0 unspecified atom stereocenters. The largest absolute Gasteiger partial charge is 0.299 e. The Morgan fingerprint density at radius 3 is 2.00 bits per heavy atom. The molecule has 2 rings (SSSR count). The molecule has 0 heterocycles. The van der Waals surface area contributed by atoms with E-state index in [-0.39, 0.29) is 0 Å². The highest BCUT2D eigenvalue weighted by Crippen LogP contribution is 2.41. The van der Waals surface area contributed by atoms with E-state index in [9.17, 15) is 4.79 Å². The van der Waals surface area contributed by atoms with Crippen LogP contribution in [0.3, 0.4) is 0 Å². The maximum absolute atomic E-state index is 12.0. The second kappa shape index (κ2) is 4.50. The van der Waals surface area contributed by atoms with Crippen LogP contribution in [0.4, 0.5) is 0 Å². The highest BCUT2D eigenvalue weighted by Gasteiger charge is 2.34. The lowest BCUT2D eigenvalue weighted by Crippen LogP contribution is -2.28. The van der Waals surface area contributed by atoms with Crippen LogP contribution in [0.2, 0.25) is 0 Å². The van der Waals surface area contributed by atoms with E-state index in [0.29, 0.717) is 17.1 Å². The van der Waals surface area contributed by atoms with Crippen molar-refractivity contribution in [3.05, 3.63) is 0 Å². The van der Waals surface area contributed by atoms with Gasteiger partial charge >= 0.3 is 0 Å². The van der Waals surface area contributed by atoms with E-state index in [0.717, 1.165) is 31.1 Å². The van der Waals surface area contributed by atoms with Crippen molar-refractivity contribution in [1.29, 1.82) is 0 Å². The monoisotopic (exact) mass is 222 g/mol. The summed E-state index contributed by atoms with van der Waals surface area (Å²) < 4.78 is 0. The molecule has 92 valence electrons. The maximum Gasteiger partial charge on any atom is 0.136 e. The zero-order valence-electron chi connectivity index (χ0n) is 11.1. The molecule has 0 saturated heterocycles. The normalized spacial score (nSPS) is 31.4. The van der Waals surface area contributed by atoms with Crippen LogP contribution in [0.15, 0.2) is 0 Å². The Hall–Kier alpha value is -0.330. The average molecular weight is 222 g/mol. The average Bonchev–Trinajstić information content (AvgIpc) is 3.00. The van der Waals surface area contributed by atoms with E-state index in [2.05, 4.69) is 20.8 Å². The fourth-order valence-electron chi connectivity index (χ4n) is 3.05. The van der Waals surface area contributed by atoms with Crippen molar-refractivity contribution in [2.75, 3.05) is 0 Å². The SMILES string of the molecule is CC(C)(C)C1CCC(C(=O)CC2CC2)CC1. The minimum Gasteiger partial charge on any atom is -0.299 e. The molecule has 0 N–H and O–H groups in total. The van der Waals surface area contributed by atoms with Crippen LogP contribution in [0, 0.1) is 23.2 Å². The first-order chi connectivity index (χ1) is 7.47. The summed E-state index contributed by atoms with van der Waals surface area (Å²) in [6.45, 7) is 7.01. The third kappa shape index (κ3) is 3.09. The van der Waals surface area contributed by atoms with Crippen molar-refractivity contribution >= 4 is 5.78 Å². The predicted octanol–water partition coefficient (Wildman–Crippen LogP) is 4.21. The smallest absolute Gasteiger partial charge is 0.136 e. The summed E-state index contributed by atoms with van der Waals surface area (Å²) >= 11 is 0. The fraction of sp³-hybridized carbons (Fsp3) is 0.933. The zero-order valence-corrected chi connectivity index (χ0v) is 11.1. The number of hydrogen-bond donors (Lipinski definition) is 0. The molecular formula is C15H26O. The van der Waals surface area contributed by atoms with Crippen LogP contribution < -0.4 is 0 Å². The van der Waals surface area contributed by atoms with Crippen LogP contribution >= 0.6 is 0 Å². The van der Waals surface area contributed by atoms with Gasteiger partial charge < -0.3 is 0 Å². The molecule has 2 fully saturated rings. The minimum absolute atomic E-state index is 0.416. The summed E-state index contributed by atoms with van der Waals surface area (Å²) in [5, 5.41) is 0. The van der Waals surface area contributed by atoms with Crippen LogP contribution in [-0.2, 0) is 4.79 Å². The third-order valence-electron chi connectivity index (χ3n) is 4.59. The standard InChI is InChI=1S/C15H26O/c1-15(2,3)13-8-6-12(7-9-13)14(16)10-11-4-5-11/h11-13H,4-10H2,1-3H3. The van der Waals surface area contributed by atoms with Gasteiger partial charge in [0.15, 0.2) is 0 Å². The molecule has 2 saturated carbocycles. The number of hydrogen-bond acceptors (Lipinski definition) is 1. The molecule has 0 aromatic heterocycles. The topological polar surface area (TPSA) is 17.1 Å². The molecule has 0 radical (unpaired) electrons. The first kappa shape index (κ1) is 12.1. The Balaban J connectivity index is 1.77. The van der Waals surface area contributed by atoms with E-state index in [1.807, 2.05) is 0 Å². The highest BCUT2D eigenvalue weighted by atomic mass is 16.1. The fourth-order valence-corrected chi connectivity index (χ4v) is 3.05. The van der Waals surface area contributed by atoms with E-state index >= 15 is 0 Å². The van der Waals surface area contributed by atoms with Gasteiger partial charge in [-0.05, 0) is 55.8 Å². The molecule has 2 aliphatic carbocycles. The minimum atomic E-state index is 0.416. The summed E-state index contributed by atoms with van der Waals surface area (Å²) in [4.78, 5) is 12.0. The Morgan fingerprint density at radius 1 is 1.00 bits per heavy atom. The van der Waals surface area contributed by atoms with Crippen LogP contribution in [0.1, 0.15) is 65.7 Å². The summed E-state index contributed by atoms with van der Waals surface area (Å²) in [7, 11) is 0. The molecular weight excluding hydrogens is 196 g/mol. The highest BCUT2D eigenvalue weighted by molar-refractivity contribution is 5.81. The first-order valence-corrected chi connectivity index (χ1v) is 6.99. The van der Waals surface area contributed by atoms with Gasteiger partial charge in [-0.2, -0.15) is 0 Å². The van der Waals surface area contributed by atoms with Gasteiger partial charge in [-0.25, -0.2) is 0 Å². The second-order valence-electron chi connectivity index (χ2n) is 7.03. The van der Waals surface area contributed by atoms with Gasteiger partial charge in [0, 0.05) is 12.3 Å². The third-order valence-corrected chi connectivity index (χ3v) is 4.59. The molecule has 0 aliphatic heterocycles. The van der Waals surface area contributed by atoms with Crippen molar-refractivity contribution in [2.45, 2.75) is 65.7 Å². The summed E-state index contributed by atoms with van der Waals surface area (Å²) in [5.41, 5.74) is 0.435. The van der Waals surface area contributed by atoms with Crippen molar-refractivity contribution < 1.29 is 4.79 Å². The molecule has 0 amide bonds. The van der Waals surface area contributed by atoms with Crippen LogP contribution in [0.5, 0.6) is 0 Å². The quantitative estimate of drug-likeness (QED) is 0.699. The number of rotatable bonds is 3. The molecule has 0 aromatic rings. The number of carbonyl (C=O) groups excluding carboxylic acids is 1. The second-order valence-corrected chi connectivity index (χ2v) is 7.03. The number of Topliss-reactive ketones (excluding diaryl/α,β-unsaturated/α-hetero) is 1. The Kier molecular flexibility index (Phi) is 3.42. The van der Waals surface area contributed by atoms with Gasteiger partial charge in [0.1, 0.15) is 5.78 Å². The van der Waals surface area contributed by atoms with Crippen LogP contribution in [-0.4, -0.2) is 5.78 Å². The van der Waals surface area contributed by atoms with Crippen molar-refractivity contribution in [3.8, 4) is 0 Å². The molecule has 2 aliphatic rings. The lowest BCUT2D eigenvalue weighted by molar-refractivity contribution is -0.124. The van der Waals surface area contributed by atoms with Gasteiger partial charge in [-0.3, -0.25) is 4.79 Å². The molecule has 1 heteroatoms. The van der Waals surface area contributed by atoms with Gasteiger partial charge in [0.05, 0.1) is 0 Å². The number of ketones is 1. The summed E-state index contributed by atoms with van der Waals surface area (Å²) in [5.74, 6) is 2.60. The number of carbonyl (C=O) groups is 1. The van der Waals surface area contributed by atoms with Crippen molar-refractivity contribution in [3.63, 3.8) is 0 Å². The van der Waals surface area contributed by atoms with E-state index in [1.165, 1.54) is 25.7 Å². The van der Waals surface area contributed by atoms with Gasteiger partial charge in [0.2, 0.25) is 0 Å². The summed E-state index contributed by atoms with van der Waals surface area (Å²) in [6, 6.07) is 0. The Bertz CT molecular complexity index is 249. The molecule has 0 spiro atoms. The molecule has 0 bridgehead atoms. The molecule has 0 aromatic carbocycles. The molecule has 0 atom stereocenters. The predicted molar refractivity (Wildman–Crippen MR) is 67.3 cm³/mol. The summed E-state index contributed by atoms with van der Waals surface area (Å²) in [6.07, 6.45) is 8.37. The lowest BCUT2D eigenvalue weighted by atomic mass is 9.69. The van der Waals surface area contributed by atoms with Crippen LogP contribution in [0.25, 0.3) is 0 Å². The van der Waals surface area contributed by atoms with Gasteiger partial charge in [-0.1, -0.05) is 20.8 Å².